The Morgan fingerprint density at radius 2 is 1.78 bits per heavy atom. The SMILES string of the molecule is CCNC(=NCc1ccccc1CN(C)C)NCCc1cccc(F)c1.I. The topological polar surface area (TPSA) is 39.7 Å². The lowest BCUT2D eigenvalue weighted by Gasteiger charge is -2.14. The van der Waals surface area contributed by atoms with E-state index in [1.54, 1.807) is 12.1 Å². The second kappa shape index (κ2) is 12.7. The quantitative estimate of drug-likeness (QED) is 0.340. The monoisotopic (exact) mass is 484 g/mol. The summed E-state index contributed by atoms with van der Waals surface area (Å²) in [6.07, 6.45) is 0.749. The van der Waals surface area contributed by atoms with Crippen LogP contribution in [0, 0.1) is 5.82 Å². The largest absolute Gasteiger partial charge is 0.357 e. The van der Waals surface area contributed by atoms with E-state index in [0.717, 1.165) is 31.0 Å². The van der Waals surface area contributed by atoms with E-state index in [1.165, 1.54) is 17.2 Å². The number of benzene rings is 2. The van der Waals surface area contributed by atoms with Gasteiger partial charge in [0.25, 0.3) is 0 Å². The van der Waals surface area contributed by atoms with E-state index in [9.17, 15) is 4.39 Å². The van der Waals surface area contributed by atoms with Gasteiger partial charge in [0.15, 0.2) is 5.96 Å². The molecule has 0 bridgehead atoms. The zero-order valence-corrected chi connectivity index (χ0v) is 18.7. The van der Waals surface area contributed by atoms with Gasteiger partial charge < -0.3 is 15.5 Å². The van der Waals surface area contributed by atoms with Gasteiger partial charge in [0.2, 0.25) is 0 Å². The Kier molecular flexibility index (Phi) is 11.0. The summed E-state index contributed by atoms with van der Waals surface area (Å²) in [6.45, 7) is 5.07. The molecule has 0 atom stereocenters. The van der Waals surface area contributed by atoms with Crippen molar-refractivity contribution in [2.75, 3.05) is 27.2 Å². The van der Waals surface area contributed by atoms with E-state index in [0.29, 0.717) is 13.1 Å². The number of halogens is 2. The molecule has 2 aromatic carbocycles. The maximum Gasteiger partial charge on any atom is 0.191 e. The summed E-state index contributed by atoms with van der Waals surface area (Å²) in [5.74, 6) is 0.587. The van der Waals surface area contributed by atoms with Crippen LogP contribution in [0.3, 0.4) is 0 Å². The fourth-order valence-corrected chi connectivity index (χ4v) is 2.73. The van der Waals surface area contributed by atoms with Gasteiger partial charge in [-0.15, -0.1) is 24.0 Å². The molecule has 0 radical (unpaired) electrons. The molecule has 0 aliphatic carbocycles. The zero-order chi connectivity index (χ0) is 18.8. The van der Waals surface area contributed by atoms with E-state index in [2.05, 4.69) is 47.8 Å². The maximum atomic E-state index is 13.3. The van der Waals surface area contributed by atoms with E-state index in [4.69, 9.17) is 4.99 Å². The molecular weight excluding hydrogens is 454 g/mol. The number of rotatable bonds is 8. The molecule has 0 aliphatic rings. The Balaban J connectivity index is 0.00000364. The van der Waals surface area contributed by atoms with Crippen molar-refractivity contribution >= 4 is 29.9 Å². The lowest BCUT2D eigenvalue weighted by molar-refractivity contribution is 0.401. The molecule has 0 saturated heterocycles. The average Bonchev–Trinajstić information content (AvgIpc) is 2.60. The Morgan fingerprint density at radius 1 is 1.04 bits per heavy atom. The van der Waals surface area contributed by atoms with E-state index < -0.39 is 0 Å². The first-order valence-electron chi connectivity index (χ1n) is 9.06. The maximum absolute atomic E-state index is 13.3. The standard InChI is InChI=1S/C21H29FN4.HI/c1-4-23-21(24-13-12-17-8-7-11-20(22)14-17)25-15-18-9-5-6-10-19(18)16-26(2)3;/h5-11,14H,4,12-13,15-16H2,1-3H3,(H2,23,24,25);1H. The number of aliphatic imine (C=N–C) groups is 1. The zero-order valence-electron chi connectivity index (χ0n) is 16.3. The van der Waals surface area contributed by atoms with Gasteiger partial charge in [-0.05, 0) is 56.3 Å². The van der Waals surface area contributed by atoms with Crippen molar-refractivity contribution in [1.29, 1.82) is 0 Å². The van der Waals surface area contributed by atoms with Crippen molar-refractivity contribution in [1.82, 2.24) is 15.5 Å². The highest BCUT2D eigenvalue weighted by molar-refractivity contribution is 14.0. The molecule has 4 nitrogen and oxygen atoms in total. The highest BCUT2D eigenvalue weighted by Crippen LogP contribution is 2.11. The average molecular weight is 484 g/mol. The Bertz CT molecular complexity index is 719. The lowest BCUT2D eigenvalue weighted by Crippen LogP contribution is -2.38. The molecule has 0 amide bonds. The first kappa shape index (κ1) is 23.4. The summed E-state index contributed by atoms with van der Waals surface area (Å²) in [7, 11) is 4.14. The fourth-order valence-electron chi connectivity index (χ4n) is 2.73. The van der Waals surface area contributed by atoms with Crippen molar-refractivity contribution in [2.24, 2.45) is 4.99 Å². The second-order valence-electron chi connectivity index (χ2n) is 6.51. The summed E-state index contributed by atoms with van der Waals surface area (Å²) in [6, 6.07) is 15.1. The first-order valence-corrected chi connectivity index (χ1v) is 9.06. The van der Waals surface area contributed by atoms with Crippen molar-refractivity contribution in [3.63, 3.8) is 0 Å². The van der Waals surface area contributed by atoms with Crippen LogP contribution >= 0.6 is 24.0 Å². The Labute approximate surface area is 179 Å². The van der Waals surface area contributed by atoms with Crippen molar-refractivity contribution in [2.45, 2.75) is 26.4 Å². The minimum Gasteiger partial charge on any atom is -0.357 e. The number of guanidine groups is 1. The van der Waals surface area contributed by atoms with E-state index in [1.807, 2.05) is 19.1 Å². The van der Waals surface area contributed by atoms with Gasteiger partial charge in [-0.3, -0.25) is 0 Å². The molecular formula is C21H30FIN4. The Hall–Kier alpha value is -1.67. The number of nitrogens with zero attached hydrogens (tertiary/aromatic N) is 2. The van der Waals surface area contributed by atoms with Gasteiger partial charge in [0.05, 0.1) is 6.54 Å². The Morgan fingerprint density at radius 3 is 2.44 bits per heavy atom. The first-order chi connectivity index (χ1) is 12.6. The summed E-state index contributed by atoms with van der Waals surface area (Å²) in [5.41, 5.74) is 3.49. The molecule has 6 heteroatoms. The van der Waals surface area contributed by atoms with Crippen molar-refractivity contribution in [3.05, 3.63) is 71.0 Å². The van der Waals surface area contributed by atoms with Crippen molar-refractivity contribution < 1.29 is 4.39 Å². The third kappa shape index (κ3) is 8.71. The predicted octanol–water partition coefficient (Wildman–Crippen LogP) is 3.80. The van der Waals surface area contributed by atoms with Gasteiger partial charge in [-0.1, -0.05) is 36.4 Å². The fraction of sp³-hybridized carbons (Fsp3) is 0.381. The minimum atomic E-state index is -0.194. The number of hydrogen-bond donors (Lipinski definition) is 2. The van der Waals surface area contributed by atoms with E-state index in [-0.39, 0.29) is 29.8 Å². The van der Waals surface area contributed by atoms with Crippen LogP contribution in [-0.2, 0) is 19.5 Å². The van der Waals surface area contributed by atoms with Crippen LogP contribution in [0.25, 0.3) is 0 Å². The number of hydrogen-bond acceptors (Lipinski definition) is 2. The van der Waals surface area contributed by atoms with Gasteiger partial charge in [-0.2, -0.15) is 0 Å². The van der Waals surface area contributed by atoms with E-state index >= 15 is 0 Å². The molecule has 2 aromatic rings. The molecule has 0 heterocycles. The van der Waals surface area contributed by atoms with Gasteiger partial charge >= 0.3 is 0 Å². The molecule has 0 saturated carbocycles. The summed E-state index contributed by atoms with van der Waals surface area (Å²) in [5, 5.41) is 6.59. The van der Waals surface area contributed by atoms with Crippen LogP contribution in [0.2, 0.25) is 0 Å². The molecule has 0 fully saturated rings. The number of nitrogens with one attached hydrogen (secondary N) is 2. The molecule has 0 unspecified atom stereocenters. The molecule has 0 aromatic heterocycles. The lowest BCUT2D eigenvalue weighted by atomic mass is 10.1. The van der Waals surface area contributed by atoms with Gasteiger partial charge in [-0.25, -0.2) is 9.38 Å². The van der Waals surface area contributed by atoms with Crippen molar-refractivity contribution in [3.8, 4) is 0 Å². The van der Waals surface area contributed by atoms with Crippen LogP contribution in [0.1, 0.15) is 23.6 Å². The molecule has 0 aliphatic heterocycles. The molecule has 0 spiro atoms. The van der Waals surface area contributed by atoms with Gasteiger partial charge in [0.1, 0.15) is 5.82 Å². The molecule has 2 rings (SSSR count). The van der Waals surface area contributed by atoms with Crippen LogP contribution in [-0.4, -0.2) is 38.0 Å². The predicted molar refractivity (Wildman–Crippen MR) is 122 cm³/mol. The van der Waals surface area contributed by atoms with Crippen LogP contribution < -0.4 is 10.6 Å². The highest BCUT2D eigenvalue weighted by Gasteiger charge is 2.04. The summed E-state index contributed by atoms with van der Waals surface area (Å²) < 4.78 is 13.3. The molecule has 2 N–H and O–H groups in total. The van der Waals surface area contributed by atoms with Crippen LogP contribution in [0.4, 0.5) is 4.39 Å². The minimum absolute atomic E-state index is 0. The smallest absolute Gasteiger partial charge is 0.191 e. The second-order valence-corrected chi connectivity index (χ2v) is 6.51. The van der Waals surface area contributed by atoms with Gasteiger partial charge in [0, 0.05) is 19.6 Å². The third-order valence-electron chi connectivity index (χ3n) is 3.95. The normalized spacial score (nSPS) is 11.2. The highest BCUT2D eigenvalue weighted by atomic mass is 127. The summed E-state index contributed by atoms with van der Waals surface area (Å²) in [4.78, 5) is 6.86. The molecule has 27 heavy (non-hydrogen) atoms. The third-order valence-corrected chi connectivity index (χ3v) is 3.95. The van der Waals surface area contributed by atoms with Crippen LogP contribution in [0.15, 0.2) is 53.5 Å². The molecule has 148 valence electrons. The van der Waals surface area contributed by atoms with Crippen LogP contribution in [0.5, 0.6) is 0 Å². The summed E-state index contributed by atoms with van der Waals surface area (Å²) >= 11 is 0.